The number of benzene rings is 1. The van der Waals surface area contributed by atoms with E-state index in [2.05, 4.69) is 32.4 Å². The third-order valence-corrected chi connectivity index (χ3v) is 4.29. The highest BCUT2D eigenvalue weighted by Gasteiger charge is 2.24. The van der Waals surface area contributed by atoms with Crippen molar-refractivity contribution in [1.29, 1.82) is 0 Å². The molecule has 0 unspecified atom stereocenters. The van der Waals surface area contributed by atoms with Crippen molar-refractivity contribution < 1.29 is 9.90 Å². The number of rotatable bonds is 5. The molecule has 1 saturated heterocycles. The highest BCUT2D eigenvalue weighted by atomic mass is 16.4. The molecule has 0 aliphatic carbocycles. The van der Waals surface area contributed by atoms with Crippen LogP contribution in [0, 0.1) is 5.92 Å². The molecule has 23 heavy (non-hydrogen) atoms. The molecule has 0 bridgehead atoms. The number of piperidine rings is 1. The molecule has 1 aliphatic heterocycles. The summed E-state index contributed by atoms with van der Waals surface area (Å²) in [5.41, 5.74) is 2.17. The van der Waals surface area contributed by atoms with Crippen LogP contribution in [0.5, 0.6) is 0 Å². The van der Waals surface area contributed by atoms with Crippen molar-refractivity contribution in [3.63, 3.8) is 0 Å². The second-order valence-electron chi connectivity index (χ2n) is 5.89. The lowest BCUT2D eigenvalue weighted by atomic mass is 9.97. The molecule has 1 aliphatic rings. The fourth-order valence-corrected chi connectivity index (χ4v) is 2.85. The minimum absolute atomic E-state index is 0.180. The monoisotopic (exact) mass is 315 g/mol. The molecule has 2 heterocycles. The van der Waals surface area contributed by atoms with Gasteiger partial charge in [0.1, 0.15) is 0 Å². The first-order valence-electron chi connectivity index (χ1n) is 7.98. The number of nitrogens with zero attached hydrogens (tertiary/aromatic N) is 5. The van der Waals surface area contributed by atoms with E-state index in [1.165, 1.54) is 5.56 Å². The van der Waals surface area contributed by atoms with Crippen LogP contribution in [0.25, 0.3) is 11.4 Å². The molecular formula is C16H21N5O2. The van der Waals surface area contributed by atoms with Gasteiger partial charge in [-0.25, -0.2) is 0 Å². The zero-order chi connectivity index (χ0) is 16.2. The maximum Gasteiger partial charge on any atom is 0.306 e. The molecule has 2 aromatic rings. The first-order chi connectivity index (χ1) is 11.2. The number of likely N-dealkylation sites (tertiary alicyclic amines) is 1. The van der Waals surface area contributed by atoms with Crippen LogP contribution in [0.2, 0.25) is 0 Å². The summed E-state index contributed by atoms with van der Waals surface area (Å²) in [5.74, 6) is -0.205. The molecule has 0 atom stereocenters. The molecule has 0 spiro atoms. The lowest BCUT2D eigenvalue weighted by molar-refractivity contribution is -0.143. The van der Waals surface area contributed by atoms with Crippen molar-refractivity contribution in [2.24, 2.45) is 5.92 Å². The smallest absolute Gasteiger partial charge is 0.306 e. The largest absolute Gasteiger partial charge is 0.481 e. The normalized spacial score (nSPS) is 16.6. The van der Waals surface area contributed by atoms with Crippen LogP contribution in [-0.2, 0) is 17.9 Å². The van der Waals surface area contributed by atoms with Gasteiger partial charge in [-0.05, 0) is 43.6 Å². The highest BCUT2D eigenvalue weighted by molar-refractivity contribution is 5.70. The third-order valence-electron chi connectivity index (χ3n) is 4.29. The maximum absolute atomic E-state index is 11.0. The summed E-state index contributed by atoms with van der Waals surface area (Å²) in [7, 11) is 0. The van der Waals surface area contributed by atoms with E-state index >= 15 is 0 Å². The topological polar surface area (TPSA) is 84.1 Å². The molecule has 0 amide bonds. The van der Waals surface area contributed by atoms with Gasteiger partial charge in [0.15, 0.2) is 0 Å². The molecule has 0 radical (unpaired) electrons. The van der Waals surface area contributed by atoms with Crippen molar-refractivity contribution in [2.75, 3.05) is 13.1 Å². The fraction of sp³-hybridized carbons (Fsp3) is 0.500. The van der Waals surface area contributed by atoms with Gasteiger partial charge in [-0.3, -0.25) is 9.69 Å². The zero-order valence-corrected chi connectivity index (χ0v) is 13.2. The fourth-order valence-electron chi connectivity index (χ4n) is 2.85. The van der Waals surface area contributed by atoms with Gasteiger partial charge in [0, 0.05) is 12.1 Å². The van der Waals surface area contributed by atoms with E-state index < -0.39 is 5.97 Å². The van der Waals surface area contributed by atoms with Crippen LogP contribution in [0.1, 0.15) is 25.3 Å². The summed E-state index contributed by atoms with van der Waals surface area (Å²) in [6.45, 7) is 5.21. The Kier molecular flexibility index (Phi) is 4.66. The molecule has 1 fully saturated rings. The Balaban J connectivity index is 1.59. The summed E-state index contributed by atoms with van der Waals surface area (Å²) in [6, 6.07) is 8.17. The number of carboxylic acids is 1. The summed E-state index contributed by atoms with van der Waals surface area (Å²) in [4.78, 5) is 14.8. The van der Waals surface area contributed by atoms with E-state index in [-0.39, 0.29) is 5.92 Å². The predicted octanol–water partition coefficient (Wildman–Crippen LogP) is 1.66. The van der Waals surface area contributed by atoms with Crippen molar-refractivity contribution in [2.45, 2.75) is 32.9 Å². The number of hydrogen-bond acceptors (Lipinski definition) is 5. The number of aliphatic carboxylic acids is 1. The SMILES string of the molecule is CCn1nnc(-c2ccc(CN3CCC(C(=O)O)CC3)cc2)n1. The minimum Gasteiger partial charge on any atom is -0.481 e. The number of hydrogen-bond donors (Lipinski definition) is 1. The summed E-state index contributed by atoms with van der Waals surface area (Å²) < 4.78 is 0. The van der Waals surface area contributed by atoms with Gasteiger partial charge in [-0.2, -0.15) is 4.80 Å². The van der Waals surface area contributed by atoms with Crippen LogP contribution >= 0.6 is 0 Å². The zero-order valence-electron chi connectivity index (χ0n) is 13.2. The van der Waals surface area contributed by atoms with E-state index in [0.29, 0.717) is 12.4 Å². The summed E-state index contributed by atoms with van der Waals surface area (Å²) in [6.07, 6.45) is 1.47. The molecule has 122 valence electrons. The quantitative estimate of drug-likeness (QED) is 0.903. The van der Waals surface area contributed by atoms with Gasteiger partial charge in [-0.15, -0.1) is 10.2 Å². The second kappa shape index (κ2) is 6.87. The van der Waals surface area contributed by atoms with Crippen molar-refractivity contribution >= 4 is 5.97 Å². The molecular weight excluding hydrogens is 294 g/mol. The minimum atomic E-state index is -0.665. The Morgan fingerprint density at radius 1 is 1.26 bits per heavy atom. The van der Waals surface area contributed by atoms with Gasteiger partial charge in [0.2, 0.25) is 5.82 Å². The van der Waals surface area contributed by atoms with Gasteiger partial charge < -0.3 is 5.11 Å². The molecule has 7 heteroatoms. The van der Waals surface area contributed by atoms with E-state index in [1.807, 2.05) is 19.1 Å². The molecule has 1 aromatic heterocycles. The Hall–Kier alpha value is -2.28. The Bertz CT molecular complexity index is 659. The van der Waals surface area contributed by atoms with Crippen LogP contribution in [0.15, 0.2) is 24.3 Å². The van der Waals surface area contributed by atoms with Gasteiger partial charge in [-0.1, -0.05) is 24.3 Å². The lowest BCUT2D eigenvalue weighted by Crippen LogP contribution is -2.35. The average molecular weight is 315 g/mol. The van der Waals surface area contributed by atoms with Gasteiger partial charge in [0.25, 0.3) is 0 Å². The summed E-state index contributed by atoms with van der Waals surface area (Å²) >= 11 is 0. The third kappa shape index (κ3) is 3.73. The molecule has 7 nitrogen and oxygen atoms in total. The molecule has 1 N–H and O–H groups in total. The molecule has 1 aromatic carbocycles. The predicted molar refractivity (Wildman–Crippen MR) is 84.6 cm³/mol. The van der Waals surface area contributed by atoms with Crippen molar-refractivity contribution in [3.8, 4) is 11.4 Å². The van der Waals surface area contributed by atoms with Crippen LogP contribution in [0.3, 0.4) is 0 Å². The number of carbonyl (C=O) groups is 1. The number of aryl methyl sites for hydroxylation is 1. The first-order valence-corrected chi connectivity index (χ1v) is 7.98. The Labute approximate surface area is 134 Å². The Morgan fingerprint density at radius 2 is 1.96 bits per heavy atom. The van der Waals surface area contributed by atoms with Gasteiger partial charge in [0.05, 0.1) is 12.5 Å². The van der Waals surface area contributed by atoms with Crippen molar-refractivity contribution in [3.05, 3.63) is 29.8 Å². The number of tetrazole rings is 1. The standard InChI is InChI=1S/C16H21N5O2/c1-2-21-18-15(17-19-21)13-5-3-12(4-6-13)11-20-9-7-14(8-10-20)16(22)23/h3-6,14H,2,7-11H2,1H3,(H,22,23). The average Bonchev–Trinajstić information content (AvgIpc) is 3.05. The number of aromatic nitrogens is 4. The molecule has 3 rings (SSSR count). The van der Waals surface area contributed by atoms with Gasteiger partial charge >= 0.3 is 5.97 Å². The first kappa shape index (κ1) is 15.6. The maximum atomic E-state index is 11.0. The van der Waals surface area contributed by atoms with Crippen LogP contribution in [-0.4, -0.2) is 49.3 Å². The van der Waals surface area contributed by atoms with E-state index in [4.69, 9.17) is 5.11 Å². The lowest BCUT2D eigenvalue weighted by Gasteiger charge is -2.30. The second-order valence-corrected chi connectivity index (χ2v) is 5.89. The van der Waals surface area contributed by atoms with Crippen LogP contribution < -0.4 is 0 Å². The number of carboxylic acid groups (broad SMARTS) is 1. The Morgan fingerprint density at radius 3 is 2.52 bits per heavy atom. The molecule has 0 saturated carbocycles. The van der Waals surface area contributed by atoms with E-state index in [0.717, 1.165) is 38.0 Å². The van der Waals surface area contributed by atoms with Crippen molar-refractivity contribution in [1.82, 2.24) is 25.1 Å². The van der Waals surface area contributed by atoms with E-state index in [1.54, 1.807) is 4.80 Å². The highest BCUT2D eigenvalue weighted by Crippen LogP contribution is 2.20. The summed E-state index contributed by atoms with van der Waals surface area (Å²) in [5, 5.41) is 21.3. The van der Waals surface area contributed by atoms with Crippen LogP contribution in [0.4, 0.5) is 0 Å². The van der Waals surface area contributed by atoms with E-state index in [9.17, 15) is 4.79 Å².